The number of aromatic nitrogens is 3. The standard InChI is InChI=1S/C10H11N3O/c1-2-14-10-5-3-9(4-6-10)13-8-11-7-12-13/h3-8H,2H2,1H3. The van der Waals surface area contributed by atoms with Gasteiger partial charge in [0.05, 0.1) is 12.3 Å². The summed E-state index contributed by atoms with van der Waals surface area (Å²) in [6.07, 6.45) is 3.17. The molecule has 0 radical (unpaired) electrons. The minimum absolute atomic E-state index is 0.683. The van der Waals surface area contributed by atoms with Gasteiger partial charge in [-0.2, -0.15) is 5.10 Å². The first-order valence-corrected chi connectivity index (χ1v) is 4.48. The highest BCUT2D eigenvalue weighted by Gasteiger charge is 1.96. The number of hydrogen-bond donors (Lipinski definition) is 0. The predicted octanol–water partition coefficient (Wildman–Crippen LogP) is 1.67. The number of ether oxygens (including phenoxy) is 1. The summed E-state index contributed by atoms with van der Waals surface area (Å²) in [6, 6.07) is 7.72. The van der Waals surface area contributed by atoms with Crippen LogP contribution in [0.1, 0.15) is 6.92 Å². The van der Waals surface area contributed by atoms with E-state index < -0.39 is 0 Å². The Morgan fingerprint density at radius 2 is 2.07 bits per heavy atom. The Morgan fingerprint density at radius 3 is 2.64 bits per heavy atom. The molecule has 0 amide bonds. The SMILES string of the molecule is CCOc1ccc(-n2cncn2)cc1. The molecule has 1 aromatic carbocycles. The van der Waals surface area contributed by atoms with Gasteiger partial charge in [-0.1, -0.05) is 0 Å². The summed E-state index contributed by atoms with van der Waals surface area (Å²) in [5.74, 6) is 0.872. The second kappa shape index (κ2) is 3.91. The van der Waals surface area contributed by atoms with Crippen LogP contribution >= 0.6 is 0 Å². The molecular formula is C10H11N3O. The van der Waals surface area contributed by atoms with E-state index in [9.17, 15) is 0 Å². The number of rotatable bonds is 3. The van der Waals surface area contributed by atoms with Crippen LogP contribution in [0.3, 0.4) is 0 Å². The van der Waals surface area contributed by atoms with E-state index in [1.165, 1.54) is 6.33 Å². The minimum atomic E-state index is 0.683. The van der Waals surface area contributed by atoms with Gasteiger partial charge in [0, 0.05) is 0 Å². The fourth-order valence-corrected chi connectivity index (χ4v) is 1.20. The highest BCUT2D eigenvalue weighted by Crippen LogP contribution is 2.13. The highest BCUT2D eigenvalue weighted by molar-refractivity contribution is 5.36. The molecule has 4 heteroatoms. The van der Waals surface area contributed by atoms with Crippen molar-refractivity contribution in [1.29, 1.82) is 0 Å². The molecule has 0 aliphatic carbocycles. The van der Waals surface area contributed by atoms with Crippen molar-refractivity contribution in [2.24, 2.45) is 0 Å². The Balaban J connectivity index is 2.22. The Labute approximate surface area is 82.2 Å². The van der Waals surface area contributed by atoms with Gasteiger partial charge >= 0.3 is 0 Å². The largest absolute Gasteiger partial charge is 0.494 e. The zero-order valence-corrected chi connectivity index (χ0v) is 7.92. The zero-order valence-electron chi connectivity index (χ0n) is 7.92. The van der Waals surface area contributed by atoms with Crippen LogP contribution < -0.4 is 4.74 Å². The summed E-state index contributed by atoms with van der Waals surface area (Å²) in [6.45, 7) is 2.65. The van der Waals surface area contributed by atoms with E-state index in [-0.39, 0.29) is 0 Å². The quantitative estimate of drug-likeness (QED) is 0.737. The maximum atomic E-state index is 5.33. The summed E-state index contributed by atoms with van der Waals surface area (Å²) in [7, 11) is 0. The number of nitrogens with zero attached hydrogens (tertiary/aromatic N) is 3. The molecule has 0 spiro atoms. The van der Waals surface area contributed by atoms with Crippen LogP contribution in [0.4, 0.5) is 0 Å². The Hall–Kier alpha value is -1.84. The van der Waals surface area contributed by atoms with Gasteiger partial charge in [-0.05, 0) is 31.2 Å². The first-order chi connectivity index (χ1) is 6.90. The van der Waals surface area contributed by atoms with Crippen LogP contribution in [0.15, 0.2) is 36.9 Å². The first kappa shape index (κ1) is 8.74. The summed E-state index contributed by atoms with van der Waals surface area (Å²) in [4.78, 5) is 3.88. The third-order valence-corrected chi connectivity index (χ3v) is 1.83. The summed E-state index contributed by atoms with van der Waals surface area (Å²) in [5, 5.41) is 4.03. The van der Waals surface area contributed by atoms with Crippen LogP contribution in [-0.4, -0.2) is 21.4 Å². The van der Waals surface area contributed by atoms with Crippen molar-refractivity contribution < 1.29 is 4.74 Å². The van der Waals surface area contributed by atoms with Gasteiger partial charge in [-0.15, -0.1) is 0 Å². The monoisotopic (exact) mass is 189 g/mol. The molecule has 0 unspecified atom stereocenters. The van der Waals surface area contributed by atoms with E-state index in [1.54, 1.807) is 11.0 Å². The van der Waals surface area contributed by atoms with Gasteiger partial charge in [0.2, 0.25) is 0 Å². The minimum Gasteiger partial charge on any atom is -0.494 e. The van der Waals surface area contributed by atoms with Crippen molar-refractivity contribution in [1.82, 2.24) is 14.8 Å². The van der Waals surface area contributed by atoms with E-state index in [0.29, 0.717) is 6.61 Å². The van der Waals surface area contributed by atoms with E-state index >= 15 is 0 Å². The number of benzene rings is 1. The van der Waals surface area contributed by atoms with Gasteiger partial charge in [0.15, 0.2) is 0 Å². The first-order valence-electron chi connectivity index (χ1n) is 4.48. The second-order valence-corrected chi connectivity index (χ2v) is 2.77. The van der Waals surface area contributed by atoms with Gasteiger partial charge in [0.25, 0.3) is 0 Å². The predicted molar refractivity (Wildman–Crippen MR) is 52.5 cm³/mol. The number of hydrogen-bond acceptors (Lipinski definition) is 3. The molecule has 14 heavy (non-hydrogen) atoms. The van der Waals surface area contributed by atoms with Gasteiger partial charge < -0.3 is 4.74 Å². The van der Waals surface area contributed by atoms with Crippen LogP contribution in [0.25, 0.3) is 5.69 Å². The Kier molecular flexibility index (Phi) is 2.44. The molecule has 1 heterocycles. The lowest BCUT2D eigenvalue weighted by Gasteiger charge is -2.04. The van der Waals surface area contributed by atoms with E-state index in [1.807, 2.05) is 31.2 Å². The molecule has 2 rings (SSSR count). The van der Waals surface area contributed by atoms with Crippen LogP contribution in [-0.2, 0) is 0 Å². The van der Waals surface area contributed by atoms with Crippen molar-refractivity contribution >= 4 is 0 Å². The third kappa shape index (κ3) is 1.74. The third-order valence-electron chi connectivity index (χ3n) is 1.83. The van der Waals surface area contributed by atoms with Crippen LogP contribution in [0.5, 0.6) is 5.75 Å². The summed E-state index contributed by atoms with van der Waals surface area (Å²) >= 11 is 0. The Morgan fingerprint density at radius 1 is 1.29 bits per heavy atom. The van der Waals surface area contributed by atoms with Crippen LogP contribution in [0, 0.1) is 0 Å². The average molecular weight is 189 g/mol. The van der Waals surface area contributed by atoms with Crippen molar-refractivity contribution in [3.05, 3.63) is 36.9 Å². The van der Waals surface area contributed by atoms with Gasteiger partial charge in [-0.25, -0.2) is 9.67 Å². The molecule has 0 aliphatic heterocycles. The van der Waals surface area contributed by atoms with Crippen molar-refractivity contribution in [2.45, 2.75) is 6.92 Å². The normalized spacial score (nSPS) is 10.1. The van der Waals surface area contributed by atoms with E-state index in [0.717, 1.165) is 11.4 Å². The summed E-state index contributed by atoms with van der Waals surface area (Å²) < 4.78 is 7.04. The van der Waals surface area contributed by atoms with Crippen LogP contribution in [0.2, 0.25) is 0 Å². The zero-order chi connectivity index (χ0) is 9.80. The lowest BCUT2D eigenvalue weighted by molar-refractivity contribution is 0.340. The molecule has 0 saturated carbocycles. The van der Waals surface area contributed by atoms with Crippen molar-refractivity contribution in [2.75, 3.05) is 6.61 Å². The molecule has 2 aromatic rings. The molecule has 0 fully saturated rings. The maximum absolute atomic E-state index is 5.33. The molecule has 0 N–H and O–H groups in total. The molecule has 0 atom stereocenters. The maximum Gasteiger partial charge on any atom is 0.138 e. The molecule has 0 aliphatic rings. The fraction of sp³-hybridized carbons (Fsp3) is 0.200. The lowest BCUT2D eigenvalue weighted by Crippen LogP contribution is -1.95. The molecule has 0 saturated heterocycles. The van der Waals surface area contributed by atoms with E-state index in [2.05, 4.69) is 10.1 Å². The van der Waals surface area contributed by atoms with Gasteiger partial charge in [-0.3, -0.25) is 0 Å². The smallest absolute Gasteiger partial charge is 0.138 e. The molecule has 72 valence electrons. The average Bonchev–Trinajstić information content (AvgIpc) is 2.72. The molecular weight excluding hydrogens is 178 g/mol. The fourth-order valence-electron chi connectivity index (χ4n) is 1.20. The molecule has 4 nitrogen and oxygen atoms in total. The highest BCUT2D eigenvalue weighted by atomic mass is 16.5. The second-order valence-electron chi connectivity index (χ2n) is 2.77. The molecule has 0 bridgehead atoms. The van der Waals surface area contributed by atoms with Crippen molar-refractivity contribution in [3.63, 3.8) is 0 Å². The van der Waals surface area contributed by atoms with Gasteiger partial charge in [0.1, 0.15) is 18.4 Å². The van der Waals surface area contributed by atoms with Crippen molar-refractivity contribution in [3.8, 4) is 11.4 Å². The summed E-state index contributed by atoms with van der Waals surface area (Å²) in [5.41, 5.74) is 0.978. The van der Waals surface area contributed by atoms with E-state index in [4.69, 9.17) is 4.74 Å². The topological polar surface area (TPSA) is 39.9 Å². The molecule has 1 aromatic heterocycles. The Bertz CT molecular complexity index is 380. The lowest BCUT2D eigenvalue weighted by atomic mass is 10.3.